The summed E-state index contributed by atoms with van der Waals surface area (Å²) in [6.45, 7) is 5.99. The maximum Gasteiger partial charge on any atom is 0.308 e. The van der Waals surface area contributed by atoms with E-state index in [0.29, 0.717) is 16.9 Å². The van der Waals surface area contributed by atoms with Gasteiger partial charge in [0.05, 0.1) is 65.2 Å². The van der Waals surface area contributed by atoms with E-state index >= 15 is 0 Å². The maximum absolute atomic E-state index is 14.2. The molecule has 2 aromatic rings. The van der Waals surface area contributed by atoms with Crippen LogP contribution in [0, 0.1) is 0 Å². The molecule has 2 aromatic carbocycles. The van der Waals surface area contributed by atoms with Crippen LogP contribution in [0.1, 0.15) is 111 Å². The monoisotopic (exact) mass is 630 g/mol. The lowest BCUT2D eigenvalue weighted by molar-refractivity contribution is -0.154. The van der Waals surface area contributed by atoms with Crippen LogP contribution in [0.15, 0.2) is 29.0 Å². The number of phenols is 3. The SMILES string of the molecule is COC(=O)CC1Cc2cc3c(c(O)c2C(C)O1)C(=O)C1CC3(OC(C)=O)c2c(O)c3c(c(O)c21)C(=O)C1=C(C=C(C)OC1C)C3=O. The Kier molecular flexibility index (Phi) is 6.31. The molecule has 3 N–H and O–H groups in total. The number of rotatable bonds is 3. The largest absolute Gasteiger partial charge is 0.507 e. The van der Waals surface area contributed by atoms with Crippen molar-refractivity contribution < 1.29 is 58.2 Å². The Hall–Kier alpha value is -4.97. The van der Waals surface area contributed by atoms with Gasteiger partial charge in [0.1, 0.15) is 23.4 Å². The van der Waals surface area contributed by atoms with Crippen LogP contribution in [-0.2, 0) is 40.6 Å². The van der Waals surface area contributed by atoms with Gasteiger partial charge in [0.15, 0.2) is 23.0 Å². The van der Waals surface area contributed by atoms with Crippen LogP contribution in [-0.4, -0.2) is 63.9 Å². The first kappa shape index (κ1) is 29.7. The molecule has 0 spiro atoms. The molecule has 12 nitrogen and oxygen atoms in total. The van der Waals surface area contributed by atoms with Crippen molar-refractivity contribution in [3.63, 3.8) is 0 Å². The van der Waals surface area contributed by atoms with E-state index in [4.69, 9.17) is 18.9 Å². The Bertz CT molecular complexity index is 1930. The van der Waals surface area contributed by atoms with Gasteiger partial charge < -0.3 is 34.3 Å². The van der Waals surface area contributed by atoms with E-state index in [2.05, 4.69) is 0 Å². The number of esters is 2. The van der Waals surface area contributed by atoms with Gasteiger partial charge in [0.25, 0.3) is 0 Å². The van der Waals surface area contributed by atoms with Gasteiger partial charge in [0, 0.05) is 35.6 Å². The third kappa shape index (κ3) is 3.73. The number of Topliss-reactive ketones (excluding diaryl/α,β-unsaturated/α-hetero) is 3. The average Bonchev–Trinajstić information content (AvgIpc) is 3.28. The van der Waals surface area contributed by atoms with Crippen LogP contribution in [0.3, 0.4) is 0 Å². The number of carbonyl (C=O) groups excluding carboxylic acids is 5. The number of methoxy groups -OCH3 is 1. The first-order valence-corrected chi connectivity index (χ1v) is 14.9. The molecule has 0 saturated heterocycles. The Morgan fingerprint density at radius 1 is 0.978 bits per heavy atom. The number of phenolic OH excluding ortho intramolecular Hbond substituents is 3. The highest BCUT2D eigenvalue weighted by Crippen LogP contribution is 2.65. The molecule has 5 unspecified atom stereocenters. The Morgan fingerprint density at radius 2 is 1.65 bits per heavy atom. The number of benzene rings is 2. The zero-order chi connectivity index (χ0) is 33.1. The van der Waals surface area contributed by atoms with Crippen molar-refractivity contribution in [3.05, 3.63) is 73.6 Å². The topological polar surface area (TPSA) is 183 Å². The summed E-state index contributed by atoms with van der Waals surface area (Å²) >= 11 is 0. The summed E-state index contributed by atoms with van der Waals surface area (Å²) in [6.07, 6.45) is -1.02. The molecule has 0 aromatic heterocycles. The standard InChI is InChI=1S/C34H30O12/c1-11-6-17-22(13(3)44-11)31(40)26-25(28(17)37)33(42)27-23(32(26)41)18-10-34(27,46-14(4)35)19-8-15-7-16(9-20(36)43-5)45-12(2)21(15)30(39)24(19)29(18)38/h6,8,12-13,16,18,39,41-42H,7,9-10H2,1-5H3. The number of ether oxygens (including phenoxy) is 4. The molecule has 0 radical (unpaired) electrons. The fraction of sp³-hybridized carbons (Fsp3) is 0.382. The molecule has 46 heavy (non-hydrogen) atoms. The minimum Gasteiger partial charge on any atom is -0.507 e. The molecule has 238 valence electrons. The molecule has 2 bridgehead atoms. The number of allylic oxidation sites excluding steroid dienone is 3. The fourth-order valence-electron chi connectivity index (χ4n) is 8.06. The van der Waals surface area contributed by atoms with Crippen molar-refractivity contribution in [2.24, 2.45) is 0 Å². The second-order valence-electron chi connectivity index (χ2n) is 12.4. The van der Waals surface area contributed by atoms with Crippen LogP contribution in [0.4, 0.5) is 0 Å². The van der Waals surface area contributed by atoms with E-state index in [1.807, 2.05) is 0 Å². The lowest BCUT2D eigenvalue weighted by Crippen LogP contribution is -2.38. The average molecular weight is 631 g/mol. The first-order chi connectivity index (χ1) is 21.7. The van der Waals surface area contributed by atoms with Crippen LogP contribution < -0.4 is 0 Å². The van der Waals surface area contributed by atoms with E-state index in [1.165, 1.54) is 13.2 Å². The molecular formula is C34H30O12. The van der Waals surface area contributed by atoms with Gasteiger partial charge >= 0.3 is 11.9 Å². The Morgan fingerprint density at radius 3 is 2.33 bits per heavy atom. The Labute approximate surface area is 262 Å². The lowest BCUT2D eigenvalue weighted by atomic mass is 9.73. The molecule has 5 aliphatic rings. The Balaban J connectivity index is 1.50. The van der Waals surface area contributed by atoms with Crippen molar-refractivity contribution in [2.45, 2.75) is 76.8 Å². The molecule has 5 atom stereocenters. The highest BCUT2D eigenvalue weighted by atomic mass is 16.6. The van der Waals surface area contributed by atoms with E-state index in [-0.39, 0.29) is 52.7 Å². The van der Waals surface area contributed by atoms with Gasteiger partial charge in [-0.1, -0.05) is 0 Å². The normalized spacial score (nSPS) is 27.1. The van der Waals surface area contributed by atoms with Crippen molar-refractivity contribution in [2.75, 3.05) is 7.11 Å². The minimum atomic E-state index is -1.93. The molecule has 0 fully saturated rings. The van der Waals surface area contributed by atoms with Crippen molar-refractivity contribution >= 4 is 29.3 Å². The summed E-state index contributed by atoms with van der Waals surface area (Å²) < 4.78 is 22.4. The van der Waals surface area contributed by atoms with Crippen LogP contribution >= 0.6 is 0 Å². The summed E-state index contributed by atoms with van der Waals surface area (Å²) in [6, 6.07) is 1.58. The molecule has 7 rings (SSSR count). The van der Waals surface area contributed by atoms with Crippen LogP contribution in [0.5, 0.6) is 17.2 Å². The quantitative estimate of drug-likeness (QED) is 0.329. The molecule has 2 aliphatic heterocycles. The van der Waals surface area contributed by atoms with E-state index in [9.17, 15) is 39.3 Å². The zero-order valence-corrected chi connectivity index (χ0v) is 25.6. The van der Waals surface area contributed by atoms with Gasteiger partial charge in [-0.05, 0) is 44.9 Å². The molecule has 2 heterocycles. The van der Waals surface area contributed by atoms with Crippen molar-refractivity contribution in [3.8, 4) is 17.2 Å². The van der Waals surface area contributed by atoms with Crippen LogP contribution in [0.2, 0.25) is 0 Å². The van der Waals surface area contributed by atoms with E-state index in [0.717, 1.165) is 6.92 Å². The second-order valence-corrected chi connectivity index (χ2v) is 12.4. The van der Waals surface area contributed by atoms with E-state index in [1.54, 1.807) is 26.8 Å². The highest BCUT2D eigenvalue weighted by Gasteiger charge is 2.61. The molecule has 12 heteroatoms. The first-order valence-electron chi connectivity index (χ1n) is 14.9. The maximum atomic E-state index is 14.2. The second kappa shape index (κ2) is 9.76. The van der Waals surface area contributed by atoms with Crippen molar-refractivity contribution in [1.29, 1.82) is 0 Å². The molecule has 0 amide bonds. The summed E-state index contributed by atoms with van der Waals surface area (Å²) in [4.78, 5) is 66.9. The molecular weight excluding hydrogens is 600 g/mol. The summed E-state index contributed by atoms with van der Waals surface area (Å²) in [5, 5.41) is 35.4. The summed E-state index contributed by atoms with van der Waals surface area (Å²) in [5.41, 5.74) is -2.56. The third-order valence-corrected chi connectivity index (χ3v) is 9.69. The van der Waals surface area contributed by atoms with Gasteiger partial charge in [-0.2, -0.15) is 0 Å². The van der Waals surface area contributed by atoms with Gasteiger partial charge in [-0.15, -0.1) is 0 Å². The third-order valence-electron chi connectivity index (χ3n) is 9.69. The number of carbonyl (C=O) groups is 5. The predicted octanol–water partition coefficient (Wildman–Crippen LogP) is 3.86. The van der Waals surface area contributed by atoms with Gasteiger partial charge in [-0.25, -0.2) is 0 Å². The molecule has 0 saturated carbocycles. The lowest BCUT2D eigenvalue weighted by Gasteiger charge is -2.38. The number of ketones is 3. The zero-order valence-electron chi connectivity index (χ0n) is 25.6. The summed E-state index contributed by atoms with van der Waals surface area (Å²) in [7, 11) is 1.25. The number of hydrogen-bond donors (Lipinski definition) is 3. The van der Waals surface area contributed by atoms with Gasteiger partial charge in [-0.3, -0.25) is 24.0 Å². The smallest absolute Gasteiger partial charge is 0.308 e. The number of hydrogen-bond acceptors (Lipinski definition) is 12. The number of fused-ring (bicyclic) bond motifs is 9. The number of aromatic hydroxyl groups is 3. The highest BCUT2D eigenvalue weighted by molar-refractivity contribution is 6.31. The van der Waals surface area contributed by atoms with Crippen LogP contribution in [0.25, 0.3) is 0 Å². The van der Waals surface area contributed by atoms with Crippen molar-refractivity contribution in [1.82, 2.24) is 0 Å². The predicted molar refractivity (Wildman–Crippen MR) is 156 cm³/mol. The minimum absolute atomic E-state index is 0.000249. The fourth-order valence-corrected chi connectivity index (χ4v) is 8.06. The summed E-state index contributed by atoms with van der Waals surface area (Å²) in [5.74, 6) is -6.14. The molecule has 3 aliphatic carbocycles. The van der Waals surface area contributed by atoms with Gasteiger partial charge in [0.2, 0.25) is 0 Å². The van der Waals surface area contributed by atoms with E-state index < -0.39 is 87.5 Å².